The second kappa shape index (κ2) is 27.5. The Morgan fingerprint density at radius 2 is 0.934 bits per heavy atom. The summed E-state index contributed by atoms with van der Waals surface area (Å²) < 4.78 is 10.3. The molecule has 0 radical (unpaired) electrons. The molecule has 10 aromatic rings. The number of hydrogen-bond acceptors (Lipinski definition) is 10. The maximum absolute atomic E-state index is 14.0. The number of carbonyl (C=O) groups is 4. The van der Waals surface area contributed by atoms with E-state index in [2.05, 4.69) is 154 Å². The van der Waals surface area contributed by atoms with Gasteiger partial charge in [0.05, 0.1) is 42.4 Å². The van der Waals surface area contributed by atoms with Crippen molar-refractivity contribution in [2.45, 2.75) is 132 Å². The van der Waals surface area contributed by atoms with Crippen molar-refractivity contribution >= 4 is 151 Å². The van der Waals surface area contributed by atoms with Gasteiger partial charge in [0.2, 0.25) is 0 Å². The van der Waals surface area contributed by atoms with Gasteiger partial charge < -0.3 is 23.4 Å². The number of aryl methyl sites for hydroxylation is 4. The van der Waals surface area contributed by atoms with Crippen LogP contribution >= 0.6 is 71.8 Å². The summed E-state index contributed by atoms with van der Waals surface area (Å²) in [5.74, 6) is 3.54. The topological polar surface area (TPSA) is 186 Å². The quantitative estimate of drug-likeness (QED) is 0.0551. The molecule has 1 N–H and O–H groups in total. The van der Waals surface area contributed by atoms with E-state index < -0.39 is 5.97 Å². The van der Waals surface area contributed by atoms with Gasteiger partial charge in [0.15, 0.2) is 29.0 Å². The summed E-state index contributed by atoms with van der Waals surface area (Å²) >= 11 is 11.7. The number of fused-ring (bicyclic) bond motifs is 4. The van der Waals surface area contributed by atoms with Crippen molar-refractivity contribution in [3.63, 3.8) is 0 Å². The first kappa shape index (κ1) is 65.1. The molecule has 0 bridgehead atoms. The molecule has 4 aliphatic rings. The molecule has 6 aromatic heterocycles. The molecular formula is C71H70Br2I2N10O5V. The Labute approximate surface area is 574 Å². The van der Waals surface area contributed by atoms with Crippen LogP contribution in [-0.2, 0) is 58.1 Å². The Morgan fingerprint density at radius 3 is 1.29 bits per heavy atom. The molecule has 4 fully saturated rings. The van der Waals surface area contributed by atoms with Crippen molar-refractivity contribution < 1.29 is 33.8 Å². The molecule has 6 heterocycles. The zero-order valence-electron chi connectivity index (χ0n) is 51.5. The number of ketones is 3. The second-order valence-electron chi connectivity index (χ2n) is 25.2. The van der Waals surface area contributed by atoms with Crippen LogP contribution in [-0.4, -0.2) is 76.6 Å². The average molecular weight is 1610 g/mol. The summed E-state index contributed by atoms with van der Waals surface area (Å²) in [6, 6.07) is 24.2. The van der Waals surface area contributed by atoms with E-state index in [-0.39, 0.29) is 28.2 Å². The summed E-state index contributed by atoms with van der Waals surface area (Å²) in [6.45, 7) is 1.55. The standard InChI is InChI=1S/C36H36BrN5O2.C35H34BrN5O3.2HI.V/c1-22(43)9-10-23-11-14-28-30(17-23)42(3)35(40-28)36(15-6-16-36)19-31(44)25-12-13-27-29(18-25)41(2)33(32(27)24-7-4-5-8-24)34-38-20-26(37)21-39-34;1-40-27-17-23(10-11-25(27)31(22-6-3-4-7-22)32(40)33-37-19-24(36)20-38-33)29(42)18-35(14-5-15-35)34-39-26-12-8-21(9-13-30(43)44)16-28(26)41(34)2;;;/h9-14,17-18,20-21,24H,4-8,15-16,19H2,1-3H3;8-13,16-17,19-20,22H,3-7,14-15,18H2,1-2H3,(H,43,44);2*1H;/q;;;;+2/p-2/b10-9+;13-9+;;;. The van der Waals surface area contributed by atoms with Gasteiger partial charge in [-0.3, -0.25) is 14.4 Å². The summed E-state index contributed by atoms with van der Waals surface area (Å²) in [4.78, 5) is 79.2. The van der Waals surface area contributed by atoms with Crippen molar-refractivity contribution in [2.75, 3.05) is 0 Å². The number of aromatic nitrogens is 10. The zero-order valence-corrected chi connectivity index (χ0v) is 60.4. The number of hydrogen-bond donors (Lipinski definition) is 1. The number of allylic oxidation sites excluding steroid dienone is 1. The second-order valence-corrected chi connectivity index (χ2v) is 38.8. The average Bonchev–Trinajstić information content (AvgIpc) is 1.73. The van der Waals surface area contributed by atoms with Gasteiger partial charge in [-0.1, -0.05) is 81.0 Å². The number of rotatable bonds is 16. The molecule has 20 heteroatoms. The third kappa shape index (κ3) is 13.1. The number of imidazole rings is 2. The SMILES string of the molecule is CC(=O)/C=C/c1ccc2nc(C3(CC(=O)c4ccc5c(C6CCCC6)c(-c6ncc(Br)cn6)n(C)c5c4)CCC3)n(C)c2c1.Cn1c(C2(CC(=O)c3ccc4c(C5CCCC5)c(-c5ncc(Br)cn5)n(C)c4c3)CCC2)nc2ccc(/C=C/C(=O)O)cc21.[I][V][I]. The molecule has 4 aliphatic carbocycles. The third-order valence-electron chi connectivity index (χ3n) is 19.6. The van der Waals surface area contributed by atoms with Crippen LogP contribution in [0.2, 0.25) is 0 Å². The van der Waals surface area contributed by atoms with Gasteiger partial charge in [0.25, 0.3) is 0 Å². The number of nitrogens with zero attached hydrogens (tertiary/aromatic N) is 10. The molecule has 15 nitrogen and oxygen atoms in total. The van der Waals surface area contributed by atoms with Gasteiger partial charge in [-0.25, -0.2) is 34.7 Å². The Morgan fingerprint density at radius 1 is 0.549 bits per heavy atom. The summed E-state index contributed by atoms with van der Waals surface area (Å²) in [5.41, 5.74) is 13.1. The van der Waals surface area contributed by atoms with Gasteiger partial charge in [-0.05, 0) is 173 Å². The fourth-order valence-electron chi connectivity index (χ4n) is 14.9. The predicted molar refractivity (Wildman–Crippen MR) is 381 cm³/mol. The van der Waals surface area contributed by atoms with Crippen LogP contribution in [0.15, 0.2) is 119 Å². The van der Waals surface area contributed by atoms with Crippen molar-refractivity contribution in [1.29, 1.82) is 0 Å². The number of benzene rings is 4. The van der Waals surface area contributed by atoms with Crippen LogP contribution in [0.5, 0.6) is 0 Å². The van der Waals surface area contributed by atoms with Gasteiger partial charge in [0.1, 0.15) is 11.6 Å². The Balaban J connectivity index is 0.000000169. The Bertz CT molecular complexity index is 4240. The van der Waals surface area contributed by atoms with Gasteiger partial charge in [-0.2, -0.15) is 0 Å². The van der Waals surface area contributed by atoms with Crippen LogP contribution in [0.25, 0.3) is 79.1 Å². The predicted octanol–water partition coefficient (Wildman–Crippen LogP) is 17.7. The molecule has 91 heavy (non-hydrogen) atoms. The molecular weight excluding hydrogens is 1540 g/mol. The van der Waals surface area contributed by atoms with Crippen molar-refractivity contribution in [3.8, 4) is 23.0 Å². The zero-order chi connectivity index (χ0) is 63.9. The molecule has 0 saturated heterocycles. The minimum atomic E-state index is -0.983. The van der Waals surface area contributed by atoms with E-state index in [1.54, 1.807) is 43.9 Å². The molecule has 0 unspecified atom stereocenters. The fourth-order valence-corrected chi connectivity index (χ4v) is 15.3. The molecule has 467 valence electrons. The Hall–Kier alpha value is -5.98. The minimum absolute atomic E-state index is 0.0175. The first-order valence-electron chi connectivity index (χ1n) is 31.1. The van der Waals surface area contributed by atoms with Crippen molar-refractivity contribution in [2.24, 2.45) is 28.2 Å². The molecule has 0 atom stereocenters. The molecule has 4 saturated carbocycles. The van der Waals surface area contributed by atoms with E-state index in [1.165, 1.54) is 60.4 Å². The van der Waals surface area contributed by atoms with Crippen molar-refractivity contribution in [3.05, 3.63) is 164 Å². The van der Waals surface area contributed by atoms with E-state index >= 15 is 0 Å². The molecule has 0 spiro atoms. The van der Waals surface area contributed by atoms with Crippen molar-refractivity contribution in [1.82, 2.24) is 48.2 Å². The van der Waals surface area contributed by atoms with Crippen LogP contribution in [0.3, 0.4) is 0 Å². The van der Waals surface area contributed by atoms with Gasteiger partial charge in [-0.15, -0.1) is 0 Å². The van der Waals surface area contributed by atoms with Crippen LogP contribution in [0.1, 0.15) is 176 Å². The van der Waals surface area contributed by atoms with E-state index in [4.69, 9.17) is 15.1 Å². The first-order chi connectivity index (χ1) is 43.9. The van der Waals surface area contributed by atoms with Crippen LogP contribution in [0, 0.1) is 0 Å². The van der Waals surface area contributed by atoms with Gasteiger partial charge in [0, 0.05) is 116 Å². The van der Waals surface area contributed by atoms with E-state index in [0.29, 0.717) is 45.5 Å². The molecule has 14 rings (SSSR count). The van der Waals surface area contributed by atoms with Crippen LogP contribution < -0.4 is 0 Å². The van der Waals surface area contributed by atoms with E-state index in [0.717, 1.165) is 145 Å². The normalized spacial score (nSPS) is 16.3. The van der Waals surface area contributed by atoms with E-state index in [1.807, 2.05) is 62.6 Å². The third-order valence-corrected chi connectivity index (χ3v) is 20.4. The van der Waals surface area contributed by atoms with Gasteiger partial charge >= 0.3 is 55.4 Å². The number of carbonyl (C=O) groups excluding carboxylic acids is 3. The summed E-state index contributed by atoms with van der Waals surface area (Å²) in [7, 11) is 8.79. The van der Waals surface area contributed by atoms with E-state index in [9.17, 15) is 19.2 Å². The summed E-state index contributed by atoms with van der Waals surface area (Å²) in [6.07, 6.45) is 29.5. The molecule has 4 aromatic carbocycles. The number of halogens is 4. The number of Topliss-reactive ketones (excluding diaryl/α,β-unsaturated/α-hetero) is 2. The molecule has 0 amide bonds. The Kier molecular flexibility index (Phi) is 19.7. The molecule has 0 aliphatic heterocycles. The first-order valence-corrected chi connectivity index (χ1v) is 41.7. The number of aliphatic carboxylic acids is 1. The summed E-state index contributed by atoms with van der Waals surface area (Å²) in [5, 5.41) is 11.4. The monoisotopic (exact) mass is 1610 g/mol. The number of carboxylic acids is 1. The van der Waals surface area contributed by atoms with Crippen LogP contribution in [0.4, 0.5) is 0 Å². The number of carboxylic acid groups (broad SMARTS) is 1. The maximum atomic E-state index is 14.0. The fraction of sp³-hybridized carbons (Fsp3) is 0.352.